The van der Waals surface area contributed by atoms with Gasteiger partial charge in [-0.1, -0.05) is 12.1 Å². The van der Waals surface area contributed by atoms with E-state index in [4.69, 9.17) is 4.74 Å². The Morgan fingerprint density at radius 2 is 2.08 bits per heavy atom. The van der Waals surface area contributed by atoms with Gasteiger partial charge < -0.3 is 10.1 Å². The van der Waals surface area contributed by atoms with Crippen LogP contribution in [0.4, 0.5) is 0 Å². The molecule has 0 aliphatic carbocycles. The minimum atomic E-state index is 0. The molecular weight excluding hydrogens is 368 g/mol. The Balaban J connectivity index is 0.00000196. The van der Waals surface area contributed by atoms with Gasteiger partial charge in [0.2, 0.25) is 0 Å². The molecule has 0 saturated carbocycles. The van der Waals surface area contributed by atoms with Crippen LogP contribution in [-0.4, -0.2) is 42.1 Å². The van der Waals surface area contributed by atoms with Crippen LogP contribution >= 0.6 is 23.7 Å². The second-order valence-electron chi connectivity index (χ2n) is 7.65. The van der Waals surface area contributed by atoms with E-state index in [2.05, 4.69) is 24.1 Å². The van der Waals surface area contributed by atoms with Crippen LogP contribution in [-0.2, 0) is 0 Å². The highest BCUT2D eigenvalue weighted by Gasteiger charge is 2.48. The van der Waals surface area contributed by atoms with Gasteiger partial charge in [-0.05, 0) is 70.1 Å². The van der Waals surface area contributed by atoms with E-state index in [1.165, 1.54) is 24.2 Å². The maximum absolute atomic E-state index is 13.0. The minimum absolute atomic E-state index is 0. The van der Waals surface area contributed by atoms with Gasteiger partial charge in [0.1, 0.15) is 5.75 Å². The molecule has 1 aromatic heterocycles. The molecule has 3 aliphatic heterocycles. The summed E-state index contributed by atoms with van der Waals surface area (Å²) in [4.78, 5) is 16.3. The Morgan fingerprint density at radius 3 is 2.73 bits per heavy atom. The van der Waals surface area contributed by atoms with E-state index < -0.39 is 0 Å². The maximum atomic E-state index is 13.0. The fourth-order valence-corrected chi connectivity index (χ4v) is 5.54. The first-order valence-corrected chi connectivity index (χ1v) is 10.0. The summed E-state index contributed by atoms with van der Waals surface area (Å²) in [6.45, 7) is 9.46. The number of piperidine rings is 3. The third kappa shape index (κ3) is 3.21. The van der Waals surface area contributed by atoms with E-state index in [-0.39, 0.29) is 29.9 Å². The second-order valence-corrected chi connectivity index (χ2v) is 8.70. The van der Waals surface area contributed by atoms with Gasteiger partial charge in [-0.3, -0.25) is 9.69 Å². The van der Waals surface area contributed by atoms with Crippen molar-refractivity contribution in [1.29, 1.82) is 0 Å². The normalized spacial score (nSPS) is 26.3. The molecule has 1 aromatic carbocycles. The van der Waals surface area contributed by atoms with Crippen LogP contribution in [0, 0.1) is 5.92 Å². The fraction of sp³-hybridized carbons (Fsp3) is 0.550. The Kier molecular flexibility index (Phi) is 5.52. The summed E-state index contributed by atoms with van der Waals surface area (Å²) in [5.74, 6) is 1.51. The summed E-state index contributed by atoms with van der Waals surface area (Å²) in [5.41, 5.74) is 0.0317. The number of amides is 1. The van der Waals surface area contributed by atoms with E-state index in [0.717, 1.165) is 33.8 Å². The number of fused-ring (bicyclic) bond motifs is 4. The number of hydrogen-bond acceptors (Lipinski definition) is 4. The van der Waals surface area contributed by atoms with Crippen LogP contribution in [0.1, 0.15) is 43.3 Å². The number of rotatable bonds is 4. The zero-order valence-corrected chi connectivity index (χ0v) is 17.2. The molecule has 3 saturated heterocycles. The first kappa shape index (κ1) is 19.5. The first-order chi connectivity index (χ1) is 12.0. The van der Waals surface area contributed by atoms with Gasteiger partial charge in [0, 0.05) is 11.6 Å². The molecule has 142 valence electrons. The van der Waals surface area contributed by atoms with Crippen molar-refractivity contribution in [2.75, 3.05) is 19.7 Å². The topological polar surface area (TPSA) is 41.6 Å². The number of halogens is 1. The van der Waals surface area contributed by atoms with E-state index >= 15 is 0 Å². The van der Waals surface area contributed by atoms with E-state index in [0.29, 0.717) is 12.5 Å². The number of hydrogen-bond donors (Lipinski definition) is 1. The quantitative estimate of drug-likeness (QED) is 0.839. The van der Waals surface area contributed by atoms with Crippen molar-refractivity contribution in [3.63, 3.8) is 0 Å². The zero-order chi connectivity index (χ0) is 17.6. The molecule has 3 fully saturated rings. The number of carbonyl (C=O) groups is 1. The Hall–Kier alpha value is -1.30. The molecule has 1 N–H and O–H groups in total. The average molecular weight is 395 g/mol. The van der Waals surface area contributed by atoms with Gasteiger partial charge in [-0.15, -0.1) is 23.7 Å². The molecule has 5 rings (SSSR count). The summed E-state index contributed by atoms with van der Waals surface area (Å²) in [6.07, 6.45) is 2.38. The Morgan fingerprint density at radius 1 is 1.35 bits per heavy atom. The third-order valence-corrected chi connectivity index (χ3v) is 7.07. The summed E-state index contributed by atoms with van der Waals surface area (Å²) < 4.78 is 6.77. The molecule has 0 spiro atoms. The second kappa shape index (κ2) is 7.37. The SMILES string of the molecule is CCOc1cccc2cc(C(=O)N[C@@H]3C4CCN(CC4)C3(C)C)sc12.Cl. The lowest BCUT2D eigenvalue weighted by molar-refractivity contribution is -0.0377. The number of carbonyl (C=O) groups excluding carboxylic acids is 1. The van der Waals surface area contributed by atoms with Gasteiger partial charge in [0.15, 0.2) is 0 Å². The van der Waals surface area contributed by atoms with Crippen molar-refractivity contribution < 1.29 is 9.53 Å². The summed E-state index contributed by atoms with van der Waals surface area (Å²) in [5, 5.41) is 4.44. The van der Waals surface area contributed by atoms with Gasteiger partial charge >= 0.3 is 0 Å². The number of thiophene rings is 1. The summed E-state index contributed by atoms with van der Waals surface area (Å²) in [6, 6.07) is 8.22. The van der Waals surface area contributed by atoms with Crippen molar-refractivity contribution in [2.24, 2.45) is 5.92 Å². The third-order valence-electron chi connectivity index (χ3n) is 5.91. The number of nitrogens with zero attached hydrogens (tertiary/aromatic N) is 1. The van der Waals surface area contributed by atoms with Crippen LogP contribution in [0.5, 0.6) is 5.75 Å². The standard InChI is InChI=1S/C20H26N2O2S.ClH/c1-4-24-15-7-5-6-14-12-16(25-17(14)15)19(23)21-18-13-8-10-22(11-9-13)20(18,2)3;/h5-7,12-13,18H,4,8-11H2,1-3H3,(H,21,23);1H/t18-;/m1./s1. The molecule has 4 heterocycles. The van der Waals surface area contributed by atoms with Gasteiger partial charge in [0.05, 0.1) is 16.2 Å². The number of ether oxygens (including phenoxy) is 1. The lowest BCUT2D eigenvalue weighted by Gasteiger charge is -2.56. The molecule has 1 amide bonds. The van der Waals surface area contributed by atoms with Crippen molar-refractivity contribution in [3.05, 3.63) is 29.1 Å². The van der Waals surface area contributed by atoms with Crippen molar-refractivity contribution >= 4 is 39.7 Å². The largest absolute Gasteiger partial charge is 0.492 e. The van der Waals surface area contributed by atoms with Gasteiger partial charge in [0.25, 0.3) is 5.91 Å². The number of nitrogens with one attached hydrogen (secondary N) is 1. The van der Waals surface area contributed by atoms with E-state index in [1.807, 2.05) is 31.2 Å². The predicted octanol–water partition coefficient (Wildman–Crippen LogP) is 4.32. The zero-order valence-electron chi connectivity index (χ0n) is 15.6. The van der Waals surface area contributed by atoms with Gasteiger partial charge in [-0.25, -0.2) is 0 Å². The molecule has 0 radical (unpaired) electrons. The first-order valence-electron chi connectivity index (χ1n) is 9.22. The van der Waals surface area contributed by atoms with Crippen LogP contribution in [0.3, 0.4) is 0 Å². The Labute approximate surface area is 165 Å². The van der Waals surface area contributed by atoms with Gasteiger partial charge in [-0.2, -0.15) is 0 Å². The highest BCUT2D eigenvalue weighted by atomic mass is 35.5. The average Bonchev–Trinajstić information content (AvgIpc) is 3.04. The van der Waals surface area contributed by atoms with Crippen molar-refractivity contribution in [3.8, 4) is 5.75 Å². The van der Waals surface area contributed by atoms with Crippen LogP contribution in [0.2, 0.25) is 0 Å². The predicted molar refractivity (Wildman–Crippen MR) is 110 cm³/mol. The van der Waals surface area contributed by atoms with Crippen molar-refractivity contribution in [1.82, 2.24) is 10.2 Å². The van der Waals surface area contributed by atoms with Crippen LogP contribution < -0.4 is 10.1 Å². The summed E-state index contributed by atoms with van der Waals surface area (Å²) in [7, 11) is 0. The van der Waals surface area contributed by atoms with Crippen LogP contribution in [0.15, 0.2) is 24.3 Å². The molecule has 2 aromatic rings. The van der Waals surface area contributed by atoms with E-state index in [9.17, 15) is 4.79 Å². The molecule has 2 bridgehead atoms. The number of benzene rings is 1. The molecule has 3 aliphatic rings. The smallest absolute Gasteiger partial charge is 0.261 e. The lowest BCUT2D eigenvalue weighted by Crippen LogP contribution is -2.69. The van der Waals surface area contributed by atoms with Crippen LogP contribution in [0.25, 0.3) is 10.1 Å². The molecule has 4 nitrogen and oxygen atoms in total. The Bertz CT molecular complexity index is 796. The molecule has 1 atom stereocenters. The molecular formula is C20H27ClN2O2S. The summed E-state index contributed by atoms with van der Waals surface area (Å²) >= 11 is 1.53. The molecule has 26 heavy (non-hydrogen) atoms. The highest BCUT2D eigenvalue weighted by Crippen LogP contribution is 2.39. The molecule has 6 heteroatoms. The lowest BCUT2D eigenvalue weighted by atomic mass is 9.72. The van der Waals surface area contributed by atoms with E-state index in [1.54, 1.807) is 0 Å². The van der Waals surface area contributed by atoms with Crippen molar-refractivity contribution in [2.45, 2.75) is 45.2 Å². The molecule has 0 unspecified atom stereocenters. The minimum Gasteiger partial charge on any atom is -0.492 e. The fourth-order valence-electron chi connectivity index (χ4n) is 4.51. The maximum Gasteiger partial charge on any atom is 0.261 e. The highest BCUT2D eigenvalue weighted by molar-refractivity contribution is 7.21. The monoisotopic (exact) mass is 394 g/mol.